The van der Waals surface area contributed by atoms with Crippen molar-refractivity contribution in [3.8, 4) is 12.0 Å². The van der Waals surface area contributed by atoms with Gasteiger partial charge >= 0.3 is 6.09 Å². The van der Waals surface area contributed by atoms with Gasteiger partial charge in [-0.1, -0.05) is 5.92 Å². The summed E-state index contributed by atoms with van der Waals surface area (Å²) in [6, 6.07) is 3.49. The largest absolute Gasteiger partial charge is 0.462 e. The summed E-state index contributed by atoms with van der Waals surface area (Å²) in [7, 11) is 0. The Hall–Kier alpha value is -1.89. The van der Waals surface area contributed by atoms with E-state index in [2.05, 4.69) is 5.92 Å². The molecule has 1 heterocycles. The van der Waals surface area contributed by atoms with Crippen molar-refractivity contribution in [1.82, 2.24) is 4.57 Å². The standard InChI is InChI=1S/C12H15NO3/c1-12(2,3)16-11(15)13-8-4-6-10(13)7-5-9-14/h4,6,8,14H,7H2,1-3H3. The van der Waals surface area contributed by atoms with Crippen LogP contribution >= 0.6 is 0 Å². The second kappa shape index (κ2) is 4.75. The first-order valence-corrected chi connectivity index (χ1v) is 4.95. The van der Waals surface area contributed by atoms with Crippen molar-refractivity contribution in [3.05, 3.63) is 24.0 Å². The van der Waals surface area contributed by atoms with Crippen molar-refractivity contribution in [2.24, 2.45) is 0 Å². The monoisotopic (exact) mass is 221 g/mol. The lowest BCUT2D eigenvalue weighted by Crippen LogP contribution is -2.27. The third-order valence-electron chi connectivity index (χ3n) is 1.77. The fraction of sp³-hybridized carbons (Fsp3) is 0.417. The summed E-state index contributed by atoms with van der Waals surface area (Å²) >= 11 is 0. The van der Waals surface area contributed by atoms with Crippen LogP contribution in [0.1, 0.15) is 26.5 Å². The summed E-state index contributed by atoms with van der Waals surface area (Å²) in [4.78, 5) is 11.7. The highest BCUT2D eigenvalue weighted by molar-refractivity contribution is 5.72. The number of aliphatic hydroxyl groups excluding tert-OH is 1. The molecule has 0 fully saturated rings. The molecule has 0 amide bonds. The Labute approximate surface area is 94.8 Å². The number of aliphatic hydroxyl groups is 1. The fourth-order valence-electron chi connectivity index (χ4n) is 1.18. The molecule has 4 heteroatoms. The van der Waals surface area contributed by atoms with Crippen molar-refractivity contribution in [2.45, 2.75) is 32.8 Å². The molecule has 1 rings (SSSR count). The van der Waals surface area contributed by atoms with Crippen LogP contribution < -0.4 is 0 Å². The predicted octanol–water partition coefficient (Wildman–Crippen LogP) is 2.15. The maximum absolute atomic E-state index is 11.7. The molecule has 0 spiro atoms. The van der Waals surface area contributed by atoms with E-state index in [0.717, 1.165) is 0 Å². The van der Waals surface area contributed by atoms with Crippen LogP contribution in [0.2, 0.25) is 0 Å². The molecular weight excluding hydrogens is 206 g/mol. The van der Waals surface area contributed by atoms with E-state index in [0.29, 0.717) is 12.1 Å². The molecule has 0 aromatic carbocycles. The van der Waals surface area contributed by atoms with Gasteiger partial charge in [0.1, 0.15) is 11.7 Å². The molecule has 16 heavy (non-hydrogen) atoms. The van der Waals surface area contributed by atoms with Gasteiger partial charge in [0.05, 0.1) is 6.42 Å². The molecule has 0 unspecified atom stereocenters. The second-order valence-corrected chi connectivity index (χ2v) is 4.32. The molecule has 86 valence electrons. The zero-order chi connectivity index (χ0) is 12.2. The number of carbonyl (C=O) groups is 1. The van der Waals surface area contributed by atoms with Crippen LogP contribution in [-0.2, 0) is 11.2 Å². The second-order valence-electron chi connectivity index (χ2n) is 4.32. The summed E-state index contributed by atoms with van der Waals surface area (Å²) in [6.45, 7) is 5.42. The first-order valence-electron chi connectivity index (χ1n) is 4.95. The van der Waals surface area contributed by atoms with Gasteiger partial charge in [-0.15, -0.1) is 0 Å². The maximum Gasteiger partial charge on any atom is 0.418 e. The van der Waals surface area contributed by atoms with Crippen molar-refractivity contribution in [3.63, 3.8) is 0 Å². The topological polar surface area (TPSA) is 51.5 Å². The van der Waals surface area contributed by atoms with Gasteiger partial charge in [0.15, 0.2) is 0 Å². The van der Waals surface area contributed by atoms with E-state index >= 15 is 0 Å². The van der Waals surface area contributed by atoms with Gasteiger partial charge in [-0.3, -0.25) is 4.57 Å². The Morgan fingerprint density at radius 2 is 2.25 bits per heavy atom. The minimum absolute atomic E-state index is 0.308. The van der Waals surface area contributed by atoms with Crippen LogP contribution in [0, 0.1) is 12.0 Å². The van der Waals surface area contributed by atoms with Crippen molar-refractivity contribution < 1.29 is 14.6 Å². The summed E-state index contributed by atoms with van der Waals surface area (Å²) in [5.74, 6) is 2.49. The lowest BCUT2D eigenvalue weighted by Gasteiger charge is -2.20. The van der Waals surface area contributed by atoms with E-state index in [4.69, 9.17) is 9.84 Å². The molecule has 4 nitrogen and oxygen atoms in total. The van der Waals surface area contributed by atoms with Gasteiger partial charge in [-0.05, 0) is 32.9 Å². The number of rotatable bonds is 1. The van der Waals surface area contributed by atoms with E-state index in [1.54, 1.807) is 24.4 Å². The highest BCUT2D eigenvalue weighted by Crippen LogP contribution is 2.11. The fourth-order valence-corrected chi connectivity index (χ4v) is 1.18. The summed E-state index contributed by atoms with van der Waals surface area (Å²) in [5, 5.41) is 8.39. The average Bonchev–Trinajstić information content (AvgIpc) is 2.59. The van der Waals surface area contributed by atoms with E-state index in [1.165, 1.54) is 4.57 Å². The number of nitrogens with zero attached hydrogens (tertiary/aromatic N) is 1. The lowest BCUT2D eigenvalue weighted by atomic mass is 10.2. The molecule has 1 aromatic heterocycles. The van der Waals surface area contributed by atoms with Crippen molar-refractivity contribution in [2.75, 3.05) is 0 Å². The van der Waals surface area contributed by atoms with Gasteiger partial charge in [-0.25, -0.2) is 4.79 Å². The minimum Gasteiger partial charge on any atom is -0.462 e. The van der Waals surface area contributed by atoms with Gasteiger partial charge in [0, 0.05) is 11.9 Å². The van der Waals surface area contributed by atoms with E-state index in [9.17, 15) is 4.79 Å². The highest BCUT2D eigenvalue weighted by atomic mass is 16.6. The third kappa shape index (κ3) is 3.35. The molecule has 0 atom stereocenters. The maximum atomic E-state index is 11.7. The zero-order valence-electron chi connectivity index (χ0n) is 9.65. The Morgan fingerprint density at radius 3 is 2.81 bits per heavy atom. The summed E-state index contributed by atoms with van der Waals surface area (Å²) in [5.41, 5.74) is 0.164. The lowest BCUT2D eigenvalue weighted by molar-refractivity contribution is 0.0533. The highest BCUT2D eigenvalue weighted by Gasteiger charge is 2.18. The van der Waals surface area contributed by atoms with E-state index in [-0.39, 0.29) is 0 Å². The first kappa shape index (κ1) is 12.2. The molecule has 0 saturated heterocycles. The van der Waals surface area contributed by atoms with Crippen LogP contribution in [-0.4, -0.2) is 21.4 Å². The van der Waals surface area contributed by atoms with Gasteiger partial charge < -0.3 is 9.84 Å². The Kier molecular flexibility index (Phi) is 3.62. The number of ether oxygens (including phenoxy) is 1. The summed E-state index contributed by atoms with van der Waals surface area (Å²) in [6.07, 6.45) is 3.29. The summed E-state index contributed by atoms with van der Waals surface area (Å²) < 4.78 is 6.60. The number of aromatic nitrogens is 1. The average molecular weight is 221 g/mol. The van der Waals surface area contributed by atoms with Crippen LogP contribution in [0.5, 0.6) is 0 Å². The Bertz CT molecular complexity index is 429. The predicted molar refractivity (Wildman–Crippen MR) is 59.5 cm³/mol. The van der Waals surface area contributed by atoms with E-state index in [1.807, 2.05) is 20.8 Å². The van der Waals surface area contributed by atoms with Gasteiger partial charge in [0.25, 0.3) is 0 Å². The number of carbonyl (C=O) groups excluding carboxylic acids is 1. The molecular formula is C12H15NO3. The first-order chi connectivity index (χ1) is 7.44. The molecule has 1 N–H and O–H groups in total. The number of hydrogen-bond acceptors (Lipinski definition) is 3. The third-order valence-corrected chi connectivity index (χ3v) is 1.77. The molecule has 0 aliphatic heterocycles. The quantitative estimate of drug-likeness (QED) is 0.739. The molecule has 0 aliphatic carbocycles. The van der Waals surface area contributed by atoms with Crippen LogP contribution in [0.25, 0.3) is 0 Å². The Balaban J connectivity index is 2.82. The van der Waals surface area contributed by atoms with Crippen LogP contribution in [0.4, 0.5) is 4.79 Å². The van der Waals surface area contributed by atoms with Gasteiger partial charge in [-0.2, -0.15) is 0 Å². The molecule has 0 saturated carbocycles. The zero-order valence-corrected chi connectivity index (χ0v) is 9.65. The SMILES string of the molecule is CC(C)(C)OC(=O)n1cccc1CC#CO. The van der Waals surface area contributed by atoms with Crippen LogP contribution in [0.3, 0.4) is 0 Å². The minimum atomic E-state index is -0.527. The van der Waals surface area contributed by atoms with Crippen molar-refractivity contribution >= 4 is 6.09 Å². The molecule has 0 aliphatic rings. The Morgan fingerprint density at radius 1 is 1.56 bits per heavy atom. The van der Waals surface area contributed by atoms with E-state index < -0.39 is 11.7 Å². The van der Waals surface area contributed by atoms with Crippen molar-refractivity contribution in [1.29, 1.82) is 0 Å². The van der Waals surface area contributed by atoms with Gasteiger partial charge in [0.2, 0.25) is 0 Å². The molecule has 0 bridgehead atoms. The number of hydrogen-bond donors (Lipinski definition) is 1. The molecule has 0 radical (unpaired) electrons. The smallest absolute Gasteiger partial charge is 0.418 e. The van der Waals surface area contributed by atoms with Crippen LogP contribution in [0.15, 0.2) is 18.3 Å². The molecule has 1 aromatic rings. The normalized spacial score (nSPS) is 10.4.